The van der Waals surface area contributed by atoms with Crippen molar-refractivity contribution in [3.05, 3.63) is 62.6 Å². The number of halogens is 3. The topological polar surface area (TPSA) is 86.8 Å². The predicted octanol–water partition coefficient (Wildman–Crippen LogP) is 5.44. The number of nitrogens with one attached hydrogen (secondary N) is 1. The van der Waals surface area contributed by atoms with Gasteiger partial charge < -0.3 is 10.2 Å². The van der Waals surface area contributed by atoms with Gasteiger partial charge in [-0.3, -0.25) is 13.9 Å². The van der Waals surface area contributed by atoms with Gasteiger partial charge in [-0.05, 0) is 55.2 Å². The van der Waals surface area contributed by atoms with Crippen LogP contribution in [0, 0.1) is 6.92 Å². The molecule has 2 rings (SSSR count). The molecule has 0 saturated heterocycles. The molecule has 1 atom stereocenters. The molecule has 36 heavy (non-hydrogen) atoms. The first-order chi connectivity index (χ1) is 16.9. The molecule has 0 saturated carbocycles. The van der Waals surface area contributed by atoms with E-state index in [1.165, 1.54) is 11.0 Å². The van der Waals surface area contributed by atoms with Gasteiger partial charge in [0.1, 0.15) is 12.6 Å². The maximum Gasteiger partial charge on any atom is 0.244 e. The lowest BCUT2D eigenvalue weighted by Crippen LogP contribution is -2.52. The van der Waals surface area contributed by atoms with Gasteiger partial charge in [-0.15, -0.1) is 0 Å². The highest BCUT2D eigenvalue weighted by molar-refractivity contribution is 7.92. The first-order valence-electron chi connectivity index (χ1n) is 11.6. The van der Waals surface area contributed by atoms with Crippen molar-refractivity contribution >= 4 is 62.3 Å². The molecule has 0 heterocycles. The number of sulfonamides is 1. The van der Waals surface area contributed by atoms with Crippen molar-refractivity contribution in [3.8, 4) is 0 Å². The zero-order valence-corrected chi connectivity index (χ0v) is 23.9. The van der Waals surface area contributed by atoms with Crippen LogP contribution >= 0.6 is 34.8 Å². The number of nitrogens with zero attached hydrogens (tertiary/aromatic N) is 2. The second-order valence-corrected chi connectivity index (χ2v) is 11.7. The maximum atomic E-state index is 13.7. The molecule has 198 valence electrons. The van der Waals surface area contributed by atoms with Gasteiger partial charge in [-0.1, -0.05) is 67.2 Å². The van der Waals surface area contributed by atoms with E-state index in [9.17, 15) is 18.0 Å². The SMILES string of the molecule is CCCCNC(=O)C(CC)N(Cc1ccc(Cl)cc1Cl)C(=O)CN(c1ccc(C)c(Cl)c1)S(C)(=O)=O. The largest absolute Gasteiger partial charge is 0.354 e. The molecule has 0 aromatic heterocycles. The Hall–Kier alpha value is -2.00. The van der Waals surface area contributed by atoms with Gasteiger partial charge in [0.05, 0.1) is 11.9 Å². The minimum absolute atomic E-state index is 0.000790. The Morgan fingerprint density at radius 3 is 2.28 bits per heavy atom. The normalized spacial score (nSPS) is 12.2. The summed E-state index contributed by atoms with van der Waals surface area (Å²) in [6.07, 6.45) is 3.05. The van der Waals surface area contributed by atoms with E-state index in [0.29, 0.717) is 33.6 Å². The number of carbonyl (C=O) groups is 2. The lowest BCUT2D eigenvalue weighted by molar-refractivity contribution is -0.140. The van der Waals surface area contributed by atoms with Crippen molar-refractivity contribution in [2.75, 3.05) is 23.7 Å². The average Bonchev–Trinajstić information content (AvgIpc) is 2.80. The third kappa shape index (κ3) is 8.26. The number of hydrogen-bond donors (Lipinski definition) is 1. The second-order valence-electron chi connectivity index (χ2n) is 8.53. The Morgan fingerprint density at radius 2 is 1.72 bits per heavy atom. The molecule has 2 aromatic rings. The molecule has 1 N–H and O–H groups in total. The van der Waals surface area contributed by atoms with Gasteiger partial charge >= 0.3 is 0 Å². The minimum Gasteiger partial charge on any atom is -0.354 e. The van der Waals surface area contributed by atoms with Crippen molar-refractivity contribution in [1.29, 1.82) is 0 Å². The van der Waals surface area contributed by atoms with Crippen molar-refractivity contribution < 1.29 is 18.0 Å². The molecule has 2 aromatic carbocycles. The van der Waals surface area contributed by atoms with Crippen molar-refractivity contribution in [2.45, 2.75) is 52.6 Å². The summed E-state index contributed by atoms with van der Waals surface area (Å²) in [7, 11) is -3.85. The molecule has 0 radical (unpaired) electrons. The zero-order valence-electron chi connectivity index (χ0n) is 20.9. The number of unbranched alkanes of at least 4 members (excludes halogenated alkanes) is 1. The summed E-state index contributed by atoms with van der Waals surface area (Å²) in [6, 6.07) is 8.82. The number of anilines is 1. The van der Waals surface area contributed by atoms with Crippen LogP contribution < -0.4 is 9.62 Å². The van der Waals surface area contributed by atoms with Crippen LogP contribution in [0.3, 0.4) is 0 Å². The Morgan fingerprint density at radius 1 is 1.03 bits per heavy atom. The second kappa shape index (κ2) is 13.5. The van der Waals surface area contributed by atoms with Crippen LogP contribution in [0.4, 0.5) is 5.69 Å². The zero-order chi connectivity index (χ0) is 27.0. The van der Waals surface area contributed by atoms with E-state index in [2.05, 4.69) is 5.32 Å². The minimum atomic E-state index is -3.85. The van der Waals surface area contributed by atoms with Gasteiger partial charge in [0.25, 0.3) is 0 Å². The Kier molecular flexibility index (Phi) is 11.3. The van der Waals surface area contributed by atoms with E-state index >= 15 is 0 Å². The summed E-state index contributed by atoms with van der Waals surface area (Å²) >= 11 is 18.6. The van der Waals surface area contributed by atoms with Crippen molar-refractivity contribution in [2.24, 2.45) is 0 Å². The number of carbonyl (C=O) groups excluding carboxylic acids is 2. The Balaban J connectivity index is 2.46. The van der Waals surface area contributed by atoms with Crippen LogP contribution in [0.25, 0.3) is 0 Å². The average molecular weight is 577 g/mol. The number of benzene rings is 2. The first kappa shape index (κ1) is 30.2. The third-order valence-corrected chi connectivity index (χ3v) is 7.83. The van der Waals surface area contributed by atoms with Gasteiger partial charge in [0, 0.05) is 28.2 Å². The monoisotopic (exact) mass is 575 g/mol. The van der Waals surface area contributed by atoms with Gasteiger partial charge in [-0.2, -0.15) is 0 Å². The predicted molar refractivity (Wildman–Crippen MR) is 147 cm³/mol. The fourth-order valence-electron chi connectivity index (χ4n) is 3.61. The van der Waals surface area contributed by atoms with Crippen LogP contribution in [-0.2, 0) is 26.2 Å². The number of amides is 2. The molecule has 1 unspecified atom stereocenters. The van der Waals surface area contributed by atoms with Crippen LogP contribution in [0.1, 0.15) is 44.2 Å². The third-order valence-electron chi connectivity index (χ3n) is 5.69. The summed E-state index contributed by atoms with van der Waals surface area (Å²) in [5.74, 6) is -0.866. The molecule has 0 aliphatic rings. The highest BCUT2D eigenvalue weighted by Gasteiger charge is 2.32. The van der Waals surface area contributed by atoms with E-state index in [-0.39, 0.29) is 18.1 Å². The lowest BCUT2D eigenvalue weighted by atomic mass is 10.1. The summed E-state index contributed by atoms with van der Waals surface area (Å²) in [4.78, 5) is 28.1. The van der Waals surface area contributed by atoms with Gasteiger partial charge in [0.2, 0.25) is 21.8 Å². The highest BCUT2D eigenvalue weighted by Crippen LogP contribution is 2.27. The summed E-state index contributed by atoms with van der Waals surface area (Å²) in [5.41, 5.74) is 1.61. The van der Waals surface area contributed by atoms with E-state index in [1.807, 2.05) is 6.92 Å². The fraction of sp³-hybridized carbons (Fsp3) is 0.440. The molecular formula is C25H32Cl3N3O4S. The summed E-state index contributed by atoms with van der Waals surface area (Å²) in [6.45, 7) is 5.57. The van der Waals surface area contributed by atoms with Crippen LogP contribution in [-0.4, -0.2) is 50.5 Å². The molecule has 0 spiro atoms. The Labute approximate surface area is 228 Å². The van der Waals surface area contributed by atoms with Crippen LogP contribution in [0.5, 0.6) is 0 Å². The summed E-state index contributed by atoms with van der Waals surface area (Å²) < 4.78 is 26.3. The van der Waals surface area contributed by atoms with E-state index in [0.717, 1.165) is 29.0 Å². The fourth-order valence-corrected chi connectivity index (χ4v) is 5.09. The highest BCUT2D eigenvalue weighted by atomic mass is 35.5. The number of aryl methyl sites for hydroxylation is 1. The van der Waals surface area contributed by atoms with Gasteiger partial charge in [-0.25, -0.2) is 8.42 Å². The molecule has 11 heteroatoms. The first-order valence-corrected chi connectivity index (χ1v) is 14.6. The lowest BCUT2D eigenvalue weighted by Gasteiger charge is -2.33. The Bertz CT molecular complexity index is 1190. The van der Waals surface area contributed by atoms with Crippen LogP contribution in [0.15, 0.2) is 36.4 Å². The molecule has 7 nitrogen and oxygen atoms in total. The standard InChI is InChI=1S/C25H32Cl3N3O4S/c1-5-7-12-29-25(33)23(6-2)30(15-18-9-10-19(26)13-22(18)28)24(32)16-31(36(4,34)35)20-11-8-17(3)21(27)14-20/h8-11,13-14,23H,5-7,12,15-16H2,1-4H3,(H,29,33). The molecule has 0 aliphatic carbocycles. The number of hydrogen-bond acceptors (Lipinski definition) is 4. The van der Waals surface area contributed by atoms with Crippen molar-refractivity contribution in [3.63, 3.8) is 0 Å². The molecule has 0 aliphatic heterocycles. The van der Waals surface area contributed by atoms with Gasteiger partial charge in [0.15, 0.2) is 0 Å². The van der Waals surface area contributed by atoms with E-state index in [4.69, 9.17) is 34.8 Å². The van der Waals surface area contributed by atoms with E-state index in [1.54, 1.807) is 44.2 Å². The van der Waals surface area contributed by atoms with Crippen LogP contribution in [0.2, 0.25) is 15.1 Å². The molecular weight excluding hydrogens is 545 g/mol. The maximum absolute atomic E-state index is 13.7. The number of rotatable bonds is 12. The molecule has 0 bridgehead atoms. The summed E-state index contributed by atoms with van der Waals surface area (Å²) in [5, 5.41) is 4.02. The smallest absolute Gasteiger partial charge is 0.244 e. The quantitative estimate of drug-likeness (QED) is 0.341. The van der Waals surface area contributed by atoms with E-state index < -0.39 is 28.5 Å². The molecule has 0 fully saturated rings. The molecule has 2 amide bonds. The van der Waals surface area contributed by atoms with Crippen molar-refractivity contribution in [1.82, 2.24) is 10.2 Å².